The summed E-state index contributed by atoms with van der Waals surface area (Å²) in [5.41, 5.74) is 1.05. The molecular weight excluding hydrogens is 290 g/mol. The molecule has 1 fully saturated rings. The lowest BCUT2D eigenvalue weighted by atomic mass is 9.83. The van der Waals surface area contributed by atoms with Gasteiger partial charge in [-0.15, -0.1) is 0 Å². The van der Waals surface area contributed by atoms with Gasteiger partial charge in [0.25, 0.3) is 0 Å². The lowest BCUT2D eigenvalue weighted by molar-refractivity contribution is -0.129. The molecule has 23 heavy (non-hydrogen) atoms. The number of rotatable bonds is 6. The first-order chi connectivity index (χ1) is 10.9. The largest absolute Gasteiger partial charge is 0.439 e. The van der Waals surface area contributed by atoms with Crippen molar-refractivity contribution in [1.29, 1.82) is 0 Å². The Kier molecular flexibility index (Phi) is 5.45. The van der Waals surface area contributed by atoms with Crippen molar-refractivity contribution in [2.24, 2.45) is 5.41 Å². The maximum absolute atomic E-state index is 12.5. The van der Waals surface area contributed by atoms with Gasteiger partial charge in [-0.3, -0.25) is 4.79 Å². The maximum Gasteiger partial charge on any atom is 0.417 e. The second-order valence-corrected chi connectivity index (χ2v) is 7.13. The highest BCUT2D eigenvalue weighted by atomic mass is 16.6. The van der Waals surface area contributed by atoms with E-state index in [-0.39, 0.29) is 23.5 Å². The predicted octanol–water partition coefficient (Wildman–Crippen LogP) is 4.70. The van der Waals surface area contributed by atoms with Crippen LogP contribution in [-0.2, 0) is 9.53 Å². The van der Waals surface area contributed by atoms with E-state index in [1.165, 1.54) is 4.90 Å². The highest BCUT2D eigenvalue weighted by molar-refractivity contribution is 5.93. The van der Waals surface area contributed by atoms with Gasteiger partial charge in [0, 0.05) is 6.42 Å². The lowest BCUT2D eigenvalue weighted by Gasteiger charge is -2.25. The monoisotopic (exact) mass is 317 g/mol. The number of nitrogens with zero attached hydrogens (tertiary/aromatic N) is 1. The minimum atomic E-state index is -0.523. The topological polar surface area (TPSA) is 46.6 Å². The van der Waals surface area contributed by atoms with Crippen molar-refractivity contribution >= 4 is 12.0 Å². The number of imide groups is 1. The summed E-state index contributed by atoms with van der Waals surface area (Å²) in [6.07, 6.45) is 2.44. The molecule has 1 aliphatic rings. The second-order valence-electron chi connectivity index (χ2n) is 7.13. The van der Waals surface area contributed by atoms with Gasteiger partial charge < -0.3 is 4.74 Å². The van der Waals surface area contributed by atoms with Crippen molar-refractivity contribution in [3.05, 3.63) is 35.9 Å². The van der Waals surface area contributed by atoms with Gasteiger partial charge in [0.15, 0.2) is 0 Å². The molecule has 0 aromatic heterocycles. The highest BCUT2D eigenvalue weighted by Gasteiger charge is 2.43. The van der Waals surface area contributed by atoms with Crippen LogP contribution in [0.25, 0.3) is 0 Å². The van der Waals surface area contributed by atoms with E-state index in [1.807, 2.05) is 37.3 Å². The van der Waals surface area contributed by atoms with E-state index in [9.17, 15) is 9.59 Å². The van der Waals surface area contributed by atoms with Crippen LogP contribution >= 0.6 is 0 Å². The van der Waals surface area contributed by atoms with Crippen molar-refractivity contribution in [1.82, 2.24) is 4.90 Å². The van der Waals surface area contributed by atoms with Gasteiger partial charge >= 0.3 is 6.09 Å². The maximum atomic E-state index is 12.5. The summed E-state index contributed by atoms with van der Waals surface area (Å²) in [5.74, 6) is -0.134. The van der Waals surface area contributed by atoms with Crippen LogP contribution in [0.5, 0.6) is 0 Å². The number of benzene rings is 1. The molecule has 0 N–H and O–H groups in total. The fourth-order valence-electron chi connectivity index (χ4n) is 3.25. The summed E-state index contributed by atoms with van der Waals surface area (Å²) in [7, 11) is 0. The van der Waals surface area contributed by atoms with Gasteiger partial charge in [-0.2, -0.15) is 0 Å². The van der Waals surface area contributed by atoms with Gasteiger partial charge in [0.1, 0.15) is 6.10 Å². The van der Waals surface area contributed by atoms with E-state index in [4.69, 9.17) is 4.74 Å². The van der Waals surface area contributed by atoms with E-state index in [0.717, 1.165) is 24.8 Å². The Morgan fingerprint density at radius 1 is 1.22 bits per heavy atom. The Morgan fingerprint density at radius 2 is 1.87 bits per heavy atom. The molecule has 2 rings (SSSR count). The van der Waals surface area contributed by atoms with Gasteiger partial charge in [0.2, 0.25) is 5.91 Å². The van der Waals surface area contributed by atoms with Crippen LogP contribution < -0.4 is 0 Å². The number of amides is 2. The second kappa shape index (κ2) is 7.16. The van der Waals surface area contributed by atoms with Crippen LogP contribution in [0.2, 0.25) is 0 Å². The van der Waals surface area contributed by atoms with E-state index in [0.29, 0.717) is 6.42 Å². The number of hydrogen-bond donors (Lipinski definition) is 0. The molecule has 0 aliphatic carbocycles. The van der Waals surface area contributed by atoms with E-state index < -0.39 is 6.09 Å². The SMILES string of the molecule is CCCC(C)(C)CCC(=O)N1C(=O)OC(c2ccccc2)C1C. The molecule has 1 aliphatic heterocycles. The van der Waals surface area contributed by atoms with Crippen LogP contribution in [0.4, 0.5) is 4.79 Å². The number of ether oxygens (including phenoxy) is 1. The van der Waals surface area contributed by atoms with Crippen molar-refractivity contribution in [2.75, 3.05) is 0 Å². The van der Waals surface area contributed by atoms with Gasteiger partial charge in [-0.25, -0.2) is 9.69 Å². The molecule has 2 unspecified atom stereocenters. The Balaban J connectivity index is 2.02. The van der Waals surface area contributed by atoms with Crippen LogP contribution in [0, 0.1) is 5.41 Å². The normalized spacial score (nSPS) is 21.4. The van der Waals surface area contributed by atoms with Gasteiger partial charge in [0.05, 0.1) is 6.04 Å². The average Bonchev–Trinajstić information content (AvgIpc) is 2.81. The first-order valence-corrected chi connectivity index (χ1v) is 8.43. The van der Waals surface area contributed by atoms with Crippen molar-refractivity contribution in [3.63, 3.8) is 0 Å². The molecule has 1 saturated heterocycles. The molecule has 126 valence electrons. The third kappa shape index (κ3) is 4.12. The first kappa shape index (κ1) is 17.5. The molecule has 0 radical (unpaired) electrons. The van der Waals surface area contributed by atoms with E-state index in [1.54, 1.807) is 0 Å². The molecule has 0 spiro atoms. The molecule has 1 heterocycles. The number of cyclic esters (lactones) is 1. The van der Waals surface area contributed by atoms with Crippen LogP contribution in [0.1, 0.15) is 65.0 Å². The predicted molar refractivity (Wildman–Crippen MR) is 89.9 cm³/mol. The third-order valence-corrected chi connectivity index (χ3v) is 4.61. The summed E-state index contributed by atoms with van der Waals surface area (Å²) in [6, 6.07) is 9.32. The third-order valence-electron chi connectivity index (χ3n) is 4.61. The lowest BCUT2D eigenvalue weighted by Crippen LogP contribution is -2.38. The smallest absolute Gasteiger partial charge is 0.417 e. The first-order valence-electron chi connectivity index (χ1n) is 8.43. The molecule has 4 heteroatoms. The van der Waals surface area contributed by atoms with Gasteiger partial charge in [-0.1, -0.05) is 57.5 Å². The molecule has 2 amide bonds. The van der Waals surface area contributed by atoms with Crippen LogP contribution in [-0.4, -0.2) is 22.9 Å². The van der Waals surface area contributed by atoms with Crippen molar-refractivity contribution < 1.29 is 14.3 Å². The summed E-state index contributed by atoms with van der Waals surface area (Å²) in [5, 5.41) is 0. The molecule has 1 aromatic rings. The fraction of sp³-hybridized carbons (Fsp3) is 0.579. The molecule has 0 saturated carbocycles. The average molecular weight is 317 g/mol. The van der Waals surface area contributed by atoms with Crippen LogP contribution in [0.3, 0.4) is 0 Å². The molecule has 4 nitrogen and oxygen atoms in total. The summed E-state index contributed by atoms with van der Waals surface area (Å²) < 4.78 is 5.44. The summed E-state index contributed by atoms with van der Waals surface area (Å²) in [6.45, 7) is 8.36. The quantitative estimate of drug-likeness (QED) is 0.764. The highest BCUT2D eigenvalue weighted by Crippen LogP contribution is 2.34. The summed E-state index contributed by atoms with van der Waals surface area (Å²) in [4.78, 5) is 26.0. The van der Waals surface area contributed by atoms with E-state index in [2.05, 4.69) is 20.8 Å². The van der Waals surface area contributed by atoms with E-state index >= 15 is 0 Å². The Hall–Kier alpha value is -1.84. The Labute approximate surface area is 138 Å². The molecule has 0 bridgehead atoms. The number of carbonyl (C=O) groups excluding carboxylic acids is 2. The minimum Gasteiger partial charge on any atom is -0.439 e. The van der Waals surface area contributed by atoms with Gasteiger partial charge in [-0.05, 0) is 30.7 Å². The van der Waals surface area contributed by atoms with Crippen molar-refractivity contribution in [3.8, 4) is 0 Å². The number of hydrogen-bond acceptors (Lipinski definition) is 3. The fourth-order valence-corrected chi connectivity index (χ4v) is 3.25. The Morgan fingerprint density at radius 3 is 2.48 bits per heavy atom. The van der Waals surface area contributed by atoms with Crippen LogP contribution in [0.15, 0.2) is 30.3 Å². The minimum absolute atomic E-state index is 0.121. The zero-order valence-corrected chi connectivity index (χ0v) is 14.5. The zero-order valence-electron chi connectivity index (χ0n) is 14.5. The standard InChI is InChI=1S/C19H27NO3/c1-5-12-19(3,4)13-11-16(21)20-14(2)17(23-18(20)22)15-9-7-6-8-10-15/h6-10,14,17H,5,11-13H2,1-4H3. The summed E-state index contributed by atoms with van der Waals surface area (Å²) >= 11 is 0. The molecule has 2 atom stereocenters. The molecule has 1 aromatic carbocycles. The Bertz CT molecular complexity index is 553. The van der Waals surface area contributed by atoms with Crippen molar-refractivity contribution in [2.45, 2.75) is 65.5 Å². The zero-order chi connectivity index (χ0) is 17.0. The molecular formula is C19H27NO3. The number of carbonyl (C=O) groups is 2.